The number of rotatable bonds is 7. The van der Waals surface area contributed by atoms with Crippen LogP contribution < -0.4 is 15.4 Å². The van der Waals surface area contributed by atoms with E-state index in [0.29, 0.717) is 34.9 Å². The van der Waals surface area contributed by atoms with Gasteiger partial charge in [0.25, 0.3) is 11.8 Å². The zero-order chi connectivity index (χ0) is 21.5. The summed E-state index contributed by atoms with van der Waals surface area (Å²) >= 11 is 0. The Kier molecular flexibility index (Phi) is 6.59. The number of amides is 2. The number of anilines is 1. The number of carbonyl (C=O) groups excluding carboxylic acids is 2. The Hall–Kier alpha value is -3.64. The molecule has 1 saturated heterocycles. The number of hydrogen-bond acceptors (Lipinski definition) is 4. The third-order valence-electron chi connectivity index (χ3n) is 5.01. The lowest BCUT2D eigenvalue weighted by atomic mass is 10.1. The van der Waals surface area contributed by atoms with Gasteiger partial charge in [-0.25, -0.2) is 0 Å². The maximum absolute atomic E-state index is 12.8. The van der Waals surface area contributed by atoms with E-state index < -0.39 is 0 Å². The largest absolute Gasteiger partial charge is 0.457 e. The van der Waals surface area contributed by atoms with Crippen molar-refractivity contribution in [1.82, 2.24) is 5.32 Å². The van der Waals surface area contributed by atoms with Gasteiger partial charge in [0.05, 0.1) is 17.4 Å². The molecule has 1 heterocycles. The standard InChI is InChI=1S/C25H24N2O4/c28-24(18-8-6-11-20(16-18)31-19-9-2-1-3-10-19)27-23-14-5-4-13-22(23)25(29)26-17-21-12-7-15-30-21/h1-6,8-11,13-14,16,21H,7,12,15,17H2,(H,26,29)(H,27,28)/t21-/m0/s1. The average Bonchev–Trinajstić information content (AvgIpc) is 3.32. The smallest absolute Gasteiger partial charge is 0.255 e. The Bertz CT molecular complexity index is 1050. The second-order valence-corrected chi connectivity index (χ2v) is 7.29. The molecule has 0 spiro atoms. The highest BCUT2D eigenvalue weighted by Gasteiger charge is 2.19. The molecule has 1 atom stereocenters. The molecule has 0 aliphatic carbocycles. The molecule has 6 heteroatoms. The zero-order valence-electron chi connectivity index (χ0n) is 17.0. The molecule has 0 saturated carbocycles. The summed E-state index contributed by atoms with van der Waals surface area (Å²) in [6, 6.07) is 23.2. The van der Waals surface area contributed by atoms with E-state index in [-0.39, 0.29) is 17.9 Å². The van der Waals surface area contributed by atoms with Gasteiger partial charge in [-0.1, -0.05) is 36.4 Å². The van der Waals surface area contributed by atoms with Crippen LogP contribution in [0.2, 0.25) is 0 Å². The van der Waals surface area contributed by atoms with Crippen molar-refractivity contribution in [3.63, 3.8) is 0 Å². The van der Waals surface area contributed by atoms with Crippen LogP contribution in [0.15, 0.2) is 78.9 Å². The fourth-order valence-corrected chi connectivity index (χ4v) is 3.42. The second-order valence-electron chi connectivity index (χ2n) is 7.29. The summed E-state index contributed by atoms with van der Waals surface area (Å²) < 4.78 is 11.4. The van der Waals surface area contributed by atoms with Gasteiger partial charge in [-0.3, -0.25) is 9.59 Å². The van der Waals surface area contributed by atoms with Crippen LogP contribution in [0.25, 0.3) is 0 Å². The lowest BCUT2D eigenvalue weighted by Gasteiger charge is -2.14. The van der Waals surface area contributed by atoms with Crippen LogP contribution in [0.1, 0.15) is 33.6 Å². The third kappa shape index (κ3) is 5.49. The predicted octanol–water partition coefficient (Wildman–Crippen LogP) is 4.64. The first-order valence-corrected chi connectivity index (χ1v) is 10.3. The molecule has 1 aliphatic heterocycles. The monoisotopic (exact) mass is 416 g/mol. The fraction of sp³-hybridized carbons (Fsp3) is 0.200. The predicted molar refractivity (Wildman–Crippen MR) is 119 cm³/mol. The minimum Gasteiger partial charge on any atom is -0.457 e. The van der Waals surface area contributed by atoms with Crippen molar-refractivity contribution in [3.8, 4) is 11.5 Å². The SMILES string of the molecule is O=C(Nc1ccccc1C(=O)NC[C@@H]1CCCO1)c1cccc(Oc2ccccc2)c1. The molecule has 1 aliphatic rings. The molecule has 0 aromatic heterocycles. The molecule has 0 unspecified atom stereocenters. The summed E-state index contributed by atoms with van der Waals surface area (Å²) in [5.41, 5.74) is 1.29. The van der Waals surface area contributed by atoms with Crippen LogP contribution in [-0.4, -0.2) is 31.1 Å². The average molecular weight is 416 g/mol. The summed E-state index contributed by atoms with van der Waals surface area (Å²) in [7, 11) is 0. The number of hydrogen-bond donors (Lipinski definition) is 2. The number of benzene rings is 3. The third-order valence-corrected chi connectivity index (χ3v) is 5.01. The molecule has 2 amide bonds. The number of ether oxygens (including phenoxy) is 2. The molecular formula is C25H24N2O4. The summed E-state index contributed by atoms with van der Waals surface area (Å²) in [5, 5.41) is 5.74. The minimum absolute atomic E-state index is 0.0538. The van der Waals surface area contributed by atoms with Gasteiger partial charge >= 0.3 is 0 Å². The van der Waals surface area contributed by atoms with Crippen molar-refractivity contribution in [2.45, 2.75) is 18.9 Å². The van der Waals surface area contributed by atoms with Crippen LogP contribution in [0.3, 0.4) is 0 Å². The maximum atomic E-state index is 12.8. The summed E-state index contributed by atoms with van der Waals surface area (Å²) in [5.74, 6) is 0.681. The molecule has 4 rings (SSSR count). The Balaban J connectivity index is 1.44. The first kappa shape index (κ1) is 20.6. The van der Waals surface area contributed by atoms with Crippen LogP contribution in [0.4, 0.5) is 5.69 Å². The normalized spacial score (nSPS) is 15.3. The highest BCUT2D eigenvalue weighted by Crippen LogP contribution is 2.23. The molecule has 0 radical (unpaired) electrons. The number of nitrogens with one attached hydrogen (secondary N) is 2. The van der Waals surface area contributed by atoms with E-state index in [9.17, 15) is 9.59 Å². The fourth-order valence-electron chi connectivity index (χ4n) is 3.42. The molecule has 6 nitrogen and oxygen atoms in total. The van der Waals surface area contributed by atoms with Gasteiger partial charge in [0.2, 0.25) is 0 Å². The molecule has 31 heavy (non-hydrogen) atoms. The Morgan fingerprint density at radius 3 is 2.48 bits per heavy atom. The molecule has 1 fully saturated rings. The van der Waals surface area contributed by atoms with Crippen molar-refractivity contribution in [2.24, 2.45) is 0 Å². The first-order chi connectivity index (χ1) is 15.2. The Morgan fingerprint density at radius 2 is 1.68 bits per heavy atom. The van der Waals surface area contributed by atoms with E-state index >= 15 is 0 Å². The topological polar surface area (TPSA) is 76.7 Å². The Morgan fingerprint density at radius 1 is 0.903 bits per heavy atom. The molecule has 2 N–H and O–H groups in total. The van der Waals surface area contributed by atoms with E-state index in [0.717, 1.165) is 19.4 Å². The summed E-state index contributed by atoms with van der Waals surface area (Å²) in [6.07, 6.45) is 2.01. The van der Waals surface area contributed by atoms with E-state index in [1.54, 1.807) is 48.5 Å². The Labute approximate surface area is 181 Å². The van der Waals surface area contributed by atoms with Gasteiger partial charge in [-0.15, -0.1) is 0 Å². The van der Waals surface area contributed by atoms with Crippen molar-refractivity contribution in [1.29, 1.82) is 0 Å². The van der Waals surface area contributed by atoms with Gasteiger partial charge in [0, 0.05) is 18.7 Å². The van der Waals surface area contributed by atoms with Gasteiger partial charge in [0.15, 0.2) is 0 Å². The van der Waals surface area contributed by atoms with Gasteiger partial charge in [-0.05, 0) is 55.3 Å². The van der Waals surface area contributed by atoms with Crippen LogP contribution >= 0.6 is 0 Å². The number of para-hydroxylation sites is 2. The zero-order valence-corrected chi connectivity index (χ0v) is 17.0. The lowest BCUT2D eigenvalue weighted by molar-refractivity contribution is 0.0858. The molecule has 3 aromatic rings. The summed E-state index contributed by atoms with van der Waals surface area (Å²) in [6.45, 7) is 1.19. The van der Waals surface area contributed by atoms with E-state index in [4.69, 9.17) is 9.47 Å². The van der Waals surface area contributed by atoms with Crippen LogP contribution in [0.5, 0.6) is 11.5 Å². The second kappa shape index (κ2) is 9.91. The van der Waals surface area contributed by atoms with Gasteiger partial charge in [-0.2, -0.15) is 0 Å². The minimum atomic E-state index is -0.321. The van der Waals surface area contributed by atoms with Gasteiger partial charge in [0.1, 0.15) is 11.5 Å². The van der Waals surface area contributed by atoms with E-state index in [2.05, 4.69) is 10.6 Å². The first-order valence-electron chi connectivity index (χ1n) is 10.3. The van der Waals surface area contributed by atoms with Crippen molar-refractivity contribution in [2.75, 3.05) is 18.5 Å². The molecular weight excluding hydrogens is 392 g/mol. The van der Waals surface area contributed by atoms with E-state index in [1.807, 2.05) is 30.3 Å². The highest BCUT2D eigenvalue weighted by molar-refractivity contribution is 6.09. The van der Waals surface area contributed by atoms with Crippen molar-refractivity contribution >= 4 is 17.5 Å². The van der Waals surface area contributed by atoms with Crippen LogP contribution in [0, 0.1) is 0 Å². The van der Waals surface area contributed by atoms with Gasteiger partial charge < -0.3 is 20.1 Å². The molecule has 0 bridgehead atoms. The summed E-state index contributed by atoms with van der Waals surface area (Å²) in [4.78, 5) is 25.5. The number of carbonyl (C=O) groups is 2. The quantitative estimate of drug-likeness (QED) is 0.588. The van der Waals surface area contributed by atoms with Crippen LogP contribution in [-0.2, 0) is 4.74 Å². The molecule has 158 valence electrons. The maximum Gasteiger partial charge on any atom is 0.255 e. The van der Waals surface area contributed by atoms with E-state index in [1.165, 1.54) is 0 Å². The lowest BCUT2D eigenvalue weighted by Crippen LogP contribution is -2.32. The van der Waals surface area contributed by atoms with Crippen molar-refractivity contribution < 1.29 is 19.1 Å². The van der Waals surface area contributed by atoms with Crippen molar-refractivity contribution in [3.05, 3.63) is 90.0 Å². The molecule has 3 aromatic carbocycles. The highest BCUT2D eigenvalue weighted by atomic mass is 16.5.